The fraction of sp³-hybridized carbons (Fsp3) is 0.462. The van der Waals surface area contributed by atoms with E-state index in [1.165, 1.54) is 47.4 Å². The summed E-state index contributed by atoms with van der Waals surface area (Å²) in [5, 5.41) is 1.18. The van der Waals surface area contributed by atoms with Gasteiger partial charge < -0.3 is 14.3 Å². The van der Waals surface area contributed by atoms with Crippen LogP contribution in [0.1, 0.15) is 37.4 Å². The average molecular weight is 430 g/mol. The maximum Gasteiger partial charge on any atom is 0.140 e. The first-order valence-corrected chi connectivity index (χ1v) is 11.8. The lowest BCUT2D eigenvalue weighted by molar-refractivity contribution is -0.102. The molecule has 166 valence electrons. The fourth-order valence-corrected chi connectivity index (χ4v) is 5.33. The quantitative estimate of drug-likeness (QED) is 0.490. The normalized spacial score (nSPS) is 18.0. The van der Waals surface area contributed by atoms with E-state index in [0.29, 0.717) is 12.0 Å². The summed E-state index contributed by atoms with van der Waals surface area (Å²) in [7, 11) is 2.06. The first kappa shape index (κ1) is 19.9. The lowest BCUT2D eigenvalue weighted by atomic mass is 9.91. The monoisotopic (exact) mass is 429 g/mol. The molecule has 0 saturated carbocycles. The minimum Gasteiger partial charge on any atom is -0.378 e. The molecule has 0 atom stereocenters. The molecule has 6 heteroatoms. The number of nitrogens with zero attached hydrogens (tertiary/aromatic N) is 4. The van der Waals surface area contributed by atoms with Crippen LogP contribution in [0.2, 0.25) is 0 Å². The summed E-state index contributed by atoms with van der Waals surface area (Å²) in [6.07, 6.45) is 6.30. The first-order valence-electron chi connectivity index (χ1n) is 11.8. The van der Waals surface area contributed by atoms with Crippen LogP contribution < -0.4 is 0 Å². The molecule has 2 fully saturated rings. The third kappa shape index (κ3) is 3.24. The van der Waals surface area contributed by atoms with E-state index >= 15 is 0 Å². The molecule has 0 aromatic carbocycles. The first-order chi connectivity index (χ1) is 15.6. The molecule has 0 radical (unpaired) electrons. The van der Waals surface area contributed by atoms with Gasteiger partial charge in [0, 0.05) is 54.7 Å². The van der Waals surface area contributed by atoms with E-state index in [1.54, 1.807) is 0 Å². The number of aromatic amines is 1. The van der Waals surface area contributed by atoms with Gasteiger partial charge in [0.25, 0.3) is 0 Å². The van der Waals surface area contributed by atoms with Crippen molar-refractivity contribution in [2.75, 3.05) is 26.3 Å². The van der Waals surface area contributed by atoms with E-state index < -0.39 is 0 Å². The predicted octanol–water partition coefficient (Wildman–Crippen LogP) is 4.50. The summed E-state index contributed by atoms with van der Waals surface area (Å²) in [5.74, 6) is 1.17. The van der Waals surface area contributed by atoms with Crippen LogP contribution in [0, 0.1) is 5.92 Å². The Kier molecular flexibility index (Phi) is 4.81. The van der Waals surface area contributed by atoms with Crippen LogP contribution in [-0.2, 0) is 18.2 Å². The Balaban J connectivity index is 1.29. The van der Waals surface area contributed by atoms with Crippen LogP contribution in [0.3, 0.4) is 0 Å². The van der Waals surface area contributed by atoms with E-state index in [1.807, 2.05) is 12.3 Å². The SMILES string of the molecule is CC(C)c1c(-c2cn(C)c3ncccc23)[nH]c2ccc(CCC3CN(C4COC4)C3)nc12. The summed E-state index contributed by atoms with van der Waals surface area (Å²) >= 11 is 0. The summed E-state index contributed by atoms with van der Waals surface area (Å²) in [6.45, 7) is 8.80. The molecule has 6 nitrogen and oxygen atoms in total. The number of aryl methyl sites for hydroxylation is 2. The molecule has 4 aromatic rings. The van der Waals surface area contributed by atoms with Crippen molar-refractivity contribution in [2.24, 2.45) is 13.0 Å². The molecular formula is C26H31N5O. The number of ether oxygens (including phenoxy) is 1. The zero-order valence-electron chi connectivity index (χ0n) is 19.1. The van der Waals surface area contributed by atoms with Gasteiger partial charge in [-0.1, -0.05) is 13.8 Å². The number of pyridine rings is 2. The van der Waals surface area contributed by atoms with Gasteiger partial charge in [-0.15, -0.1) is 0 Å². The summed E-state index contributed by atoms with van der Waals surface area (Å²) in [6, 6.07) is 9.27. The van der Waals surface area contributed by atoms with Crippen LogP contribution >= 0.6 is 0 Å². The van der Waals surface area contributed by atoms with Crippen LogP contribution in [0.15, 0.2) is 36.7 Å². The number of hydrogen-bond donors (Lipinski definition) is 1. The van der Waals surface area contributed by atoms with E-state index in [4.69, 9.17) is 9.72 Å². The zero-order chi connectivity index (χ0) is 21.8. The van der Waals surface area contributed by atoms with Gasteiger partial charge in [-0.05, 0) is 48.9 Å². The van der Waals surface area contributed by atoms with Crippen molar-refractivity contribution in [1.29, 1.82) is 0 Å². The van der Waals surface area contributed by atoms with Crippen molar-refractivity contribution in [1.82, 2.24) is 24.4 Å². The molecule has 2 saturated heterocycles. The zero-order valence-corrected chi connectivity index (χ0v) is 19.1. The molecule has 4 aromatic heterocycles. The summed E-state index contributed by atoms with van der Waals surface area (Å²) < 4.78 is 7.43. The van der Waals surface area contributed by atoms with Crippen LogP contribution in [0.4, 0.5) is 0 Å². The fourth-order valence-electron chi connectivity index (χ4n) is 5.33. The highest BCUT2D eigenvalue weighted by Crippen LogP contribution is 2.38. The third-order valence-electron chi connectivity index (χ3n) is 7.25. The minimum absolute atomic E-state index is 0.373. The molecule has 0 bridgehead atoms. The second-order valence-corrected chi connectivity index (χ2v) is 9.85. The Bertz CT molecular complexity index is 1280. The number of rotatable bonds is 6. The van der Waals surface area contributed by atoms with Gasteiger partial charge in [0.1, 0.15) is 5.65 Å². The Hall–Kier alpha value is -2.70. The maximum atomic E-state index is 5.33. The molecule has 0 aliphatic carbocycles. The molecule has 1 N–H and O–H groups in total. The number of aromatic nitrogens is 4. The van der Waals surface area contributed by atoms with Crippen LogP contribution in [0.5, 0.6) is 0 Å². The van der Waals surface area contributed by atoms with Gasteiger partial charge in [-0.25, -0.2) is 4.98 Å². The van der Waals surface area contributed by atoms with Crippen LogP contribution in [-0.4, -0.2) is 56.8 Å². The van der Waals surface area contributed by atoms with E-state index in [0.717, 1.165) is 42.2 Å². The molecule has 0 amide bonds. The number of nitrogens with one attached hydrogen (secondary N) is 1. The van der Waals surface area contributed by atoms with E-state index in [-0.39, 0.29) is 0 Å². The van der Waals surface area contributed by atoms with Gasteiger partial charge in [-0.3, -0.25) is 9.88 Å². The Labute approximate surface area is 188 Å². The standard InChI is InChI=1S/C26H31N5O/c1-16(2)23-24(21-13-30(3)26-20(21)5-4-10-27-26)29-22-9-8-18(28-25(22)23)7-6-17-11-31(12-17)19-14-32-15-19/h4-5,8-10,13,16-17,19,29H,6-7,11-12,14-15H2,1-3H3. The highest BCUT2D eigenvalue weighted by molar-refractivity contribution is 5.98. The molecule has 6 rings (SSSR count). The van der Waals surface area contributed by atoms with Crippen LogP contribution in [0.25, 0.3) is 33.3 Å². The van der Waals surface area contributed by atoms with E-state index in [9.17, 15) is 0 Å². The van der Waals surface area contributed by atoms with Crippen molar-refractivity contribution in [3.05, 3.63) is 47.9 Å². The molecular weight excluding hydrogens is 398 g/mol. The van der Waals surface area contributed by atoms with E-state index in [2.05, 4.69) is 64.7 Å². The van der Waals surface area contributed by atoms with Crippen molar-refractivity contribution >= 4 is 22.1 Å². The second-order valence-electron chi connectivity index (χ2n) is 9.85. The van der Waals surface area contributed by atoms with Crippen molar-refractivity contribution < 1.29 is 4.74 Å². The largest absolute Gasteiger partial charge is 0.378 e. The topological polar surface area (TPSA) is 59.0 Å². The molecule has 6 heterocycles. The Morgan fingerprint density at radius 3 is 2.78 bits per heavy atom. The number of H-pyrrole nitrogens is 1. The van der Waals surface area contributed by atoms with Crippen molar-refractivity contribution in [2.45, 2.75) is 38.6 Å². The third-order valence-corrected chi connectivity index (χ3v) is 7.25. The van der Waals surface area contributed by atoms with Crippen molar-refractivity contribution in [3.8, 4) is 11.3 Å². The van der Waals surface area contributed by atoms with Gasteiger partial charge in [0.15, 0.2) is 0 Å². The highest BCUT2D eigenvalue weighted by Gasteiger charge is 2.35. The Morgan fingerprint density at radius 1 is 1.19 bits per heavy atom. The lowest BCUT2D eigenvalue weighted by Gasteiger charge is -2.47. The molecule has 2 aliphatic rings. The second kappa shape index (κ2) is 7.71. The maximum absolute atomic E-state index is 5.33. The highest BCUT2D eigenvalue weighted by atomic mass is 16.5. The van der Waals surface area contributed by atoms with Crippen molar-refractivity contribution in [3.63, 3.8) is 0 Å². The predicted molar refractivity (Wildman–Crippen MR) is 128 cm³/mol. The van der Waals surface area contributed by atoms with Gasteiger partial charge in [-0.2, -0.15) is 0 Å². The number of likely N-dealkylation sites (tertiary alicyclic amines) is 1. The molecule has 32 heavy (non-hydrogen) atoms. The summed E-state index contributed by atoms with van der Waals surface area (Å²) in [5.41, 5.74) is 8.13. The minimum atomic E-state index is 0.373. The smallest absolute Gasteiger partial charge is 0.140 e. The lowest BCUT2D eigenvalue weighted by Crippen LogP contribution is -2.59. The number of hydrogen-bond acceptors (Lipinski definition) is 4. The Morgan fingerprint density at radius 2 is 2.03 bits per heavy atom. The van der Waals surface area contributed by atoms with Gasteiger partial charge in [0.05, 0.1) is 36.0 Å². The van der Waals surface area contributed by atoms with Gasteiger partial charge >= 0.3 is 0 Å². The number of fused-ring (bicyclic) bond motifs is 2. The average Bonchev–Trinajstić information content (AvgIpc) is 3.26. The molecule has 2 aliphatic heterocycles. The van der Waals surface area contributed by atoms with Gasteiger partial charge in [0.2, 0.25) is 0 Å². The molecule has 0 spiro atoms. The molecule has 0 unspecified atom stereocenters. The summed E-state index contributed by atoms with van der Waals surface area (Å²) in [4.78, 5) is 16.0.